The van der Waals surface area contributed by atoms with Gasteiger partial charge in [-0.1, -0.05) is 42.0 Å². The van der Waals surface area contributed by atoms with Crippen molar-refractivity contribution in [1.29, 1.82) is 0 Å². The molecule has 1 N–H and O–H groups in total. The second-order valence-electron chi connectivity index (χ2n) is 5.22. The van der Waals surface area contributed by atoms with E-state index in [0.29, 0.717) is 13.0 Å². The molecule has 0 radical (unpaired) electrons. The molecule has 2 rings (SSSR count). The smallest absolute Gasteiger partial charge is 0.220 e. The molecule has 0 bridgehead atoms. The zero-order chi connectivity index (χ0) is 15.1. The summed E-state index contributed by atoms with van der Waals surface area (Å²) < 4.78 is 12.8. The normalized spacial score (nSPS) is 10.4. The quantitative estimate of drug-likeness (QED) is 0.865. The van der Waals surface area contributed by atoms with Crippen molar-refractivity contribution in [2.45, 2.75) is 26.2 Å². The fourth-order valence-electron chi connectivity index (χ4n) is 2.21. The summed E-state index contributed by atoms with van der Waals surface area (Å²) in [5.41, 5.74) is 3.42. The highest BCUT2D eigenvalue weighted by molar-refractivity contribution is 5.76. The summed E-state index contributed by atoms with van der Waals surface area (Å²) >= 11 is 0. The molecule has 0 aliphatic carbocycles. The Hall–Kier alpha value is -2.16. The van der Waals surface area contributed by atoms with Gasteiger partial charge in [-0.15, -0.1) is 0 Å². The number of halogens is 1. The maximum atomic E-state index is 12.8. The molecule has 0 aromatic heterocycles. The van der Waals surface area contributed by atoms with E-state index in [4.69, 9.17) is 0 Å². The first-order valence-electron chi connectivity index (χ1n) is 7.20. The molecule has 0 heterocycles. The van der Waals surface area contributed by atoms with Crippen LogP contribution in [0.3, 0.4) is 0 Å². The molecular weight excluding hydrogens is 265 g/mol. The molecule has 2 aromatic rings. The van der Waals surface area contributed by atoms with Gasteiger partial charge < -0.3 is 5.32 Å². The number of carbonyl (C=O) groups excluding carboxylic acids is 1. The van der Waals surface area contributed by atoms with E-state index in [-0.39, 0.29) is 11.7 Å². The third kappa shape index (κ3) is 5.38. The first kappa shape index (κ1) is 15.2. The summed E-state index contributed by atoms with van der Waals surface area (Å²) in [6.07, 6.45) is 1.97. The molecular formula is C18H20FNO. The second kappa shape index (κ2) is 7.58. The largest absolute Gasteiger partial charge is 0.356 e. The van der Waals surface area contributed by atoms with Crippen molar-refractivity contribution >= 4 is 5.91 Å². The minimum absolute atomic E-state index is 0.0543. The number of rotatable bonds is 6. The summed E-state index contributed by atoms with van der Waals surface area (Å²) in [7, 11) is 0. The third-order valence-electron chi connectivity index (χ3n) is 3.37. The number of hydrogen-bond acceptors (Lipinski definition) is 1. The van der Waals surface area contributed by atoms with E-state index in [1.807, 2.05) is 25.1 Å². The standard InChI is InChI=1S/C18H20FNO/c1-14-3-2-4-16(13-14)7-10-18(21)20-12-11-15-5-8-17(19)9-6-15/h2-6,8-9,13H,7,10-12H2,1H3,(H,20,21). The molecule has 1 amide bonds. The van der Waals surface area contributed by atoms with Gasteiger partial charge in [0.2, 0.25) is 5.91 Å². The van der Waals surface area contributed by atoms with E-state index in [1.54, 1.807) is 12.1 Å². The Labute approximate surface area is 125 Å². The monoisotopic (exact) mass is 285 g/mol. The minimum Gasteiger partial charge on any atom is -0.356 e. The maximum absolute atomic E-state index is 12.8. The van der Waals surface area contributed by atoms with Gasteiger partial charge in [0, 0.05) is 13.0 Å². The van der Waals surface area contributed by atoms with E-state index in [1.165, 1.54) is 23.3 Å². The zero-order valence-electron chi connectivity index (χ0n) is 12.2. The Morgan fingerprint density at radius 1 is 1.05 bits per heavy atom. The van der Waals surface area contributed by atoms with Crippen molar-refractivity contribution < 1.29 is 9.18 Å². The topological polar surface area (TPSA) is 29.1 Å². The van der Waals surface area contributed by atoms with Gasteiger partial charge in [-0.05, 0) is 43.0 Å². The van der Waals surface area contributed by atoms with E-state index >= 15 is 0 Å². The van der Waals surface area contributed by atoms with Gasteiger partial charge in [-0.25, -0.2) is 4.39 Å². The lowest BCUT2D eigenvalue weighted by Crippen LogP contribution is -2.25. The Kier molecular flexibility index (Phi) is 5.50. The number of aryl methyl sites for hydroxylation is 2. The molecule has 3 heteroatoms. The van der Waals surface area contributed by atoms with Gasteiger partial charge in [0.25, 0.3) is 0 Å². The molecule has 0 unspecified atom stereocenters. The van der Waals surface area contributed by atoms with Crippen LogP contribution in [0.1, 0.15) is 23.1 Å². The Balaban J connectivity index is 1.69. The van der Waals surface area contributed by atoms with E-state index in [9.17, 15) is 9.18 Å². The summed E-state index contributed by atoms with van der Waals surface area (Å²) in [5, 5.41) is 2.90. The van der Waals surface area contributed by atoms with Crippen LogP contribution in [0.5, 0.6) is 0 Å². The summed E-state index contributed by atoms with van der Waals surface area (Å²) in [5.74, 6) is -0.181. The fourth-order valence-corrected chi connectivity index (χ4v) is 2.21. The molecule has 0 atom stereocenters. The van der Waals surface area contributed by atoms with Crippen LogP contribution in [-0.4, -0.2) is 12.5 Å². The maximum Gasteiger partial charge on any atom is 0.220 e. The molecule has 0 spiro atoms. The van der Waals surface area contributed by atoms with Crippen LogP contribution in [-0.2, 0) is 17.6 Å². The summed E-state index contributed by atoms with van der Waals surface area (Å²) in [4.78, 5) is 11.8. The van der Waals surface area contributed by atoms with Crippen LogP contribution in [0.2, 0.25) is 0 Å². The van der Waals surface area contributed by atoms with Crippen LogP contribution < -0.4 is 5.32 Å². The minimum atomic E-state index is -0.235. The van der Waals surface area contributed by atoms with Crippen molar-refractivity contribution in [3.8, 4) is 0 Å². The summed E-state index contributed by atoms with van der Waals surface area (Å²) in [6, 6.07) is 14.6. The molecule has 0 aliphatic rings. The predicted molar refractivity (Wildman–Crippen MR) is 82.6 cm³/mol. The highest BCUT2D eigenvalue weighted by Gasteiger charge is 2.02. The van der Waals surface area contributed by atoms with Gasteiger partial charge >= 0.3 is 0 Å². The van der Waals surface area contributed by atoms with Crippen molar-refractivity contribution in [3.63, 3.8) is 0 Å². The number of hydrogen-bond donors (Lipinski definition) is 1. The van der Waals surface area contributed by atoms with Gasteiger partial charge in [0.1, 0.15) is 5.82 Å². The molecule has 2 aromatic carbocycles. The van der Waals surface area contributed by atoms with Crippen LogP contribution in [0.4, 0.5) is 4.39 Å². The number of amides is 1. The van der Waals surface area contributed by atoms with Crippen molar-refractivity contribution in [1.82, 2.24) is 5.32 Å². The van der Waals surface area contributed by atoms with Gasteiger partial charge in [0.15, 0.2) is 0 Å². The average molecular weight is 285 g/mol. The van der Waals surface area contributed by atoms with Crippen LogP contribution in [0.25, 0.3) is 0 Å². The van der Waals surface area contributed by atoms with Gasteiger partial charge in [-0.3, -0.25) is 4.79 Å². The van der Waals surface area contributed by atoms with Crippen molar-refractivity contribution in [2.24, 2.45) is 0 Å². The highest BCUT2D eigenvalue weighted by Crippen LogP contribution is 2.06. The predicted octanol–water partition coefficient (Wildman–Crippen LogP) is 3.43. The van der Waals surface area contributed by atoms with Crippen LogP contribution in [0.15, 0.2) is 48.5 Å². The molecule has 21 heavy (non-hydrogen) atoms. The Morgan fingerprint density at radius 2 is 1.81 bits per heavy atom. The van der Waals surface area contributed by atoms with Gasteiger partial charge in [-0.2, -0.15) is 0 Å². The molecule has 0 saturated carbocycles. The lowest BCUT2D eigenvalue weighted by molar-refractivity contribution is -0.121. The lowest BCUT2D eigenvalue weighted by Gasteiger charge is -2.06. The fraction of sp³-hybridized carbons (Fsp3) is 0.278. The van der Waals surface area contributed by atoms with Crippen LogP contribution >= 0.6 is 0 Å². The zero-order valence-corrected chi connectivity index (χ0v) is 12.2. The molecule has 0 fully saturated rings. The molecule has 0 aliphatic heterocycles. The lowest BCUT2D eigenvalue weighted by atomic mass is 10.1. The Bertz CT molecular complexity index is 592. The van der Waals surface area contributed by atoms with E-state index in [0.717, 1.165) is 18.4 Å². The molecule has 110 valence electrons. The highest BCUT2D eigenvalue weighted by atomic mass is 19.1. The average Bonchev–Trinajstić information content (AvgIpc) is 2.47. The molecule has 2 nitrogen and oxygen atoms in total. The van der Waals surface area contributed by atoms with Crippen molar-refractivity contribution in [3.05, 3.63) is 71.0 Å². The first-order chi connectivity index (χ1) is 10.1. The number of nitrogens with one attached hydrogen (secondary N) is 1. The van der Waals surface area contributed by atoms with Crippen molar-refractivity contribution in [2.75, 3.05) is 6.54 Å². The number of benzene rings is 2. The summed E-state index contributed by atoms with van der Waals surface area (Å²) in [6.45, 7) is 2.63. The Morgan fingerprint density at radius 3 is 2.52 bits per heavy atom. The molecule has 0 saturated heterocycles. The number of carbonyl (C=O) groups is 1. The first-order valence-corrected chi connectivity index (χ1v) is 7.20. The van der Waals surface area contributed by atoms with Crippen LogP contribution in [0, 0.1) is 12.7 Å². The third-order valence-corrected chi connectivity index (χ3v) is 3.37. The SMILES string of the molecule is Cc1cccc(CCC(=O)NCCc2ccc(F)cc2)c1. The van der Waals surface area contributed by atoms with Gasteiger partial charge in [0.05, 0.1) is 0 Å². The second-order valence-corrected chi connectivity index (χ2v) is 5.22. The van der Waals surface area contributed by atoms with E-state index in [2.05, 4.69) is 11.4 Å². The van der Waals surface area contributed by atoms with E-state index < -0.39 is 0 Å².